The van der Waals surface area contributed by atoms with Crippen molar-refractivity contribution in [1.29, 1.82) is 0 Å². The molecule has 0 aliphatic heterocycles. The van der Waals surface area contributed by atoms with Gasteiger partial charge in [-0.05, 0) is 62.2 Å². The number of rotatable bonds is 11. The third-order valence-electron chi connectivity index (χ3n) is 6.67. The minimum atomic E-state index is -4.18. The van der Waals surface area contributed by atoms with E-state index in [0.717, 1.165) is 15.4 Å². The van der Waals surface area contributed by atoms with Gasteiger partial charge in [0.1, 0.15) is 12.6 Å². The first-order valence-corrected chi connectivity index (χ1v) is 15.8. The molecule has 224 valence electrons. The molecule has 0 bridgehead atoms. The molecule has 0 aromatic heterocycles. The summed E-state index contributed by atoms with van der Waals surface area (Å²) in [6.07, 6.45) is 0.240. The van der Waals surface area contributed by atoms with Crippen molar-refractivity contribution in [2.24, 2.45) is 0 Å². The van der Waals surface area contributed by atoms with Crippen LogP contribution in [0.5, 0.6) is 0 Å². The lowest BCUT2D eigenvalue weighted by atomic mass is 10.0. The number of nitrogens with one attached hydrogen (secondary N) is 1. The Bertz CT molecular complexity index is 1630. The van der Waals surface area contributed by atoms with Gasteiger partial charge in [0.05, 0.1) is 10.6 Å². The molecule has 7 nitrogen and oxygen atoms in total. The molecule has 4 aromatic rings. The van der Waals surface area contributed by atoms with Crippen molar-refractivity contribution in [2.45, 2.75) is 50.2 Å². The molecule has 0 aliphatic rings. The van der Waals surface area contributed by atoms with Crippen LogP contribution in [-0.2, 0) is 32.6 Å². The van der Waals surface area contributed by atoms with Crippen molar-refractivity contribution < 1.29 is 18.0 Å². The Balaban J connectivity index is 1.80. The summed E-state index contributed by atoms with van der Waals surface area (Å²) in [4.78, 5) is 29.8. The molecule has 0 spiro atoms. The Kier molecular flexibility index (Phi) is 10.3. The van der Waals surface area contributed by atoms with Crippen molar-refractivity contribution in [3.8, 4) is 0 Å². The van der Waals surface area contributed by atoms with Gasteiger partial charge >= 0.3 is 0 Å². The fourth-order valence-electron chi connectivity index (χ4n) is 4.67. The van der Waals surface area contributed by atoms with Crippen LogP contribution in [0.25, 0.3) is 0 Å². The second-order valence-corrected chi connectivity index (χ2v) is 13.6. The van der Waals surface area contributed by atoms with Crippen LogP contribution in [0, 0.1) is 0 Å². The molecule has 2 amide bonds. The maximum atomic E-state index is 14.4. The summed E-state index contributed by atoms with van der Waals surface area (Å²) in [6.45, 7) is 5.19. The van der Waals surface area contributed by atoms with Crippen LogP contribution in [-0.4, -0.2) is 43.3 Å². The number of hydrogen-bond donors (Lipinski definition) is 1. The molecule has 0 heterocycles. The van der Waals surface area contributed by atoms with Gasteiger partial charge in [0.2, 0.25) is 11.8 Å². The highest BCUT2D eigenvalue weighted by molar-refractivity contribution is 7.92. The summed E-state index contributed by atoms with van der Waals surface area (Å²) < 4.78 is 29.0. The van der Waals surface area contributed by atoms with Crippen LogP contribution in [0.2, 0.25) is 5.02 Å². The van der Waals surface area contributed by atoms with E-state index in [0.29, 0.717) is 5.02 Å². The molecule has 9 heteroatoms. The Morgan fingerprint density at radius 1 is 0.791 bits per heavy atom. The molecule has 4 aromatic carbocycles. The second kappa shape index (κ2) is 13.9. The first kappa shape index (κ1) is 31.8. The van der Waals surface area contributed by atoms with Gasteiger partial charge in [-0.3, -0.25) is 13.9 Å². The monoisotopic (exact) mass is 617 g/mol. The number of halogens is 1. The molecule has 0 radical (unpaired) electrons. The van der Waals surface area contributed by atoms with E-state index in [1.807, 2.05) is 81.4 Å². The highest BCUT2D eigenvalue weighted by atomic mass is 35.5. The first-order chi connectivity index (χ1) is 20.4. The van der Waals surface area contributed by atoms with Gasteiger partial charge in [0.25, 0.3) is 10.0 Å². The van der Waals surface area contributed by atoms with E-state index >= 15 is 0 Å². The summed E-state index contributed by atoms with van der Waals surface area (Å²) in [6, 6.07) is 32.2. The number of benzene rings is 4. The van der Waals surface area contributed by atoms with Crippen molar-refractivity contribution in [3.63, 3.8) is 0 Å². The van der Waals surface area contributed by atoms with E-state index in [9.17, 15) is 18.0 Å². The number of hydrogen-bond acceptors (Lipinski definition) is 4. The van der Waals surface area contributed by atoms with Crippen molar-refractivity contribution >= 4 is 39.1 Å². The normalized spacial score (nSPS) is 12.3. The predicted molar refractivity (Wildman–Crippen MR) is 171 cm³/mol. The zero-order chi connectivity index (χ0) is 31.0. The number of sulfonamides is 1. The Morgan fingerprint density at radius 2 is 1.35 bits per heavy atom. The molecular weight excluding hydrogens is 582 g/mol. The zero-order valence-corrected chi connectivity index (χ0v) is 26.1. The summed E-state index contributed by atoms with van der Waals surface area (Å²) >= 11 is 6.27. The van der Waals surface area contributed by atoms with Gasteiger partial charge in [0, 0.05) is 23.5 Å². The van der Waals surface area contributed by atoms with Crippen LogP contribution in [0.15, 0.2) is 120 Å². The molecule has 0 unspecified atom stereocenters. The van der Waals surface area contributed by atoms with E-state index < -0.39 is 34.1 Å². The van der Waals surface area contributed by atoms with Crippen molar-refractivity contribution in [2.75, 3.05) is 10.8 Å². The molecule has 4 rings (SSSR count). The molecule has 1 atom stereocenters. The number of carbonyl (C=O) groups is 2. The average Bonchev–Trinajstić information content (AvgIpc) is 2.98. The fraction of sp³-hybridized carbons (Fsp3) is 0.235. The summed E-state index contributed by atoms with van der Waals surface area (Å²) in [5.41, 5.74) is 1.35. The number of carbonyl (C=O) groups excluding carboxylic acids is 2. The average molecular weight is 618 g/mol. The maximum Gasteiger partial charge on any atom is 0.264 e. The number of anilines is 1. The van der Waals surface area contributed by atoms with E-state index in [1.54, 1.807) is 36.4 Å². The highest BCUT2D eigenvalue weighted by Crippen LogP contribution is 2.27. The smallest absolute Gasteiger partial charge is 0.264 e. The minimum absolute atomic E-state index is 0.0312. The van der Waals surface area contributed by atoms with Gasteiger partial charge in [-0.1, -0.05) is 96.5 Å². The standard InChI is InChI=1S/C34H36ClN3O4S/c1-34(2,3)36-33(40)31(22-26-14-7-4-8-15-26)37(24-27-16-9-5-10-17-27)32(39)25-38(29-19-13-18-28(35)23-29)43(41,42)30-20-11-6-12-21-30/h4-21,23,31H,22,24-25H2,1-3H3,(H,36,40)/t31-/m0/s1. The van der Waals surface area contributed by atoms with E-state index in [-0.39, 0.29) is 29.5 Å². The summed E-state index contributed by atoms with van der Waals surface area (Å²) in [7, 11) is -4.18. The molecule has 1 N–H and O–H groups in total. The van der Waals surface area contributed by atoms with Crippen molar-refractivity contribution in [1.82, 2.24) is 10.2 Å². The lowest BCUT2D eigenvalue weighted by Gasteiger charge is -2.35. The van der Waals surface area contributed by atoms with Gasteiger partial charge in [0.15, 0.2) is 0 Å². The lowest BCUT2D eigenvalue weighted by molar-refractivity contribution is -0.140. The largest absolute Gasteiger partial charge is 0.350 e. The molecule has 0 fully saturated rings. The Labute approximate surface area is 259 Å². The highest BCUT2D eigenvalue weighted by Gasteiger charge is 2.35. The third-order valence-corrected chi connectivity index (χ3v) is 8.69. The maximum absolute atomic E-state index is 14.4. The number of nitrogens with zero attached hydrogens (tertiary/aromatic N) is 2. The van der Waals surface area contributed by atoms with Crippen LogP contribution < -0.4 is 9.62 Å². The summed E-state index contributed by atoms with van der Waals surface area (Å²) in [5, 5.41) is 3.35. The van der Waals surface area contributed by atoms with Gasteiger partial charge < -0.3 is 10.2 Å². The molecule has 43 heavy (non-hydrogen) atoms. The second-order valence-electron chi connectivity index (χ2n) is 11.3. The van der Waals surface area contributed by atoms with Crippen LogP contribution in [0.3, 0.4) is 0 Å². The number of amides is 2. The fourth-order valence-corrected chi connectivity index (χ4v) is 6.28. The topological polar surface area (TPSA) is 86.8 Å². The van der Waals surface area contributed by atoms with Crippen LogP contribution >= 0.6 is 11.6 Å². The molecular formula is C34H36ClN3O4S. The molecule has 0 saturated carbocycles. The Morgan fingerprint density at radius 3 is 1.91 bits per heavy atom. The summed E-state index contributed by atoms with van der Waals surface area (Å²) in [5.74, 6) is -0.866. The first-order valence-electron chi connectivity index (χ1n) is 14.0. The van der Waals surface area contributed by atoms with E-state index in [1.165, 1.54) is 23.1 Å². The van der Waals surface area contributed by atoms with E-state index in [4.69, 9.17) is 11.6 Å². The van der Waals surface area contributed by atoms with Gasteiger partial charge in [-0.25, -0.2) is 8.42 Å². The molecule has 0 aliphatic carbocycles. The minimum Gasteiger partial charge on any atom is -0.350 e. The predicted octanol–water partition coefficient (Wildman–Crippen LogP) is 6.09. The molecule has 0 saturated heterocycles. The third kappa shape index (κ3) is 8.69. The Hall–Kier alpha value is -4.14. The zero-order valence-electron chi connectivity index (χ0n) is 24.5. The van der Waals surface area contributed by atoms with Gasteiger partial charge in [-0.15, -0.1) is 0 Å². The quantitative estimate of drug-likeness (QED) is 0.221. The van der Waals surface area contributed by atoms with Gasteiger partial charge in [-0.2, -0.15) is 0 Å². The van der Waals surface area contributed by atoms with Crippen molar-refractivity contribution in [3.05, 3.63) is 131 Å². The van der Waals surface area contributed by atoms with Crippen LogP contribution in [0.4, 0.5) is 5.69 Å². The lowest BCUT2D eigenvalue weighted by Crippen LogP contribution is -2.56. The van der Waals surface area contributed by atoms with E-state index in [2.05, 4.69) is 5.32 Å². The SMILES string of the molecule is CC(C)(C)NC(=O)[C@H](Cc1ccccc1)N(Cc1ccccc1)C(=O)CN(c1cccc(Cl)c1)S(=O)(=O)c1ccccc1. The van der Waals surface area contributed by atoms with Crippen LogP contribution in [0.1, 0.15) is 31.9 Å².